The third-order valence-electron chi connectivity index (χ3n) is 8.16. The van der Waals surface area contributed by atoms with Crippen LogP contribution < -0.4 is 4.74 Å². The summed E-state index contributed by atoms with van der Waals surface area (Å²) >= 11 is 0. The molecule has 1 fully saturated rings. The fraction of sp³-hybridized carbons (Fsp3) is 0.361. The number of benzene rings is 3. The number of ether oxygens (including phenoxy) is 5. The molecule has 242 valence electrons. The second-order valence-corrected chi connectivity index (χ2v) is 11.6. The van der Waals surface area contributed by atoms with Crippen molar-refractivity contribution in [3.63, 3.8) is 0 Å². The molecule has 0 amide bonds. The minimum absolute atomic E-state index is 0.173. The van der Waals surface area contributed by atoms with Crippen LogP contribution in [0.1, 0.15) is 62.3 Å². The number of nitrogens with zero attached hydrogens (tertiary/aromatic N) is 1. The molecule has 0 aliphatic carbocycles. The van der Waals surface area contributed by atoms with E-state index in [1.807, 2.05) is 84.3 Å². The summed E-state index contributed by atoms with van der Waals surface area (Å²) in [5.41, 5.74) is 4.00. The highest BCUT2D eigenvalue weighted by molar-refractivity contribution is 5.88. The first-order chi connectivity index (χ1) is 22.0. The van der Waals surface area contributed by atoms with Gasteiger partial charge in [-0.25, -0.2) is 0 Å². The summed E-state index contributed by atoms with van der Waals surface area (Å²) in [7, 11) is 0. The summed E-state index contributed by atoms with van der Waals surface area (Å²) in [6.45, 7) is 7.87. The number of aromatic nitrogens is 1. The van der Waals surface area contributed by atoms with Crippen molar-refractivity contribution < 1.29 is 43.2 Å². The summed E-state index contributed by atoms with van der Waals surface area (Å²) < 4.78 is 30.9. The Kier molecular flexibility index (Phi) is 10.1. The number of rotatable bonds is 10. The van der Waals surface area contributed by atoms with E-state index in [1.54, 1.807) is 13.1 Å². The van der Waals surface area contributed by atoms with Gasteiger partial charge in [0.1, 0.15) is 37.3 Å². The Morgan fingerprint density at radius 3 is 2.20 bits per heavy atom. The number of aliphatic hydroxyl groups is 1. The Labute approximate surface area is 267 Å². The summed E-state index contributed by atoms with van der Waals surface area (Å²) in [6, 6.07) is 22.9. The van der Waals surface area contributed by atoms with Crippen molar-refractivity contribution in [2.45, 2.75) is 71.9 Å². The number of carbonyl (C=O) groups is 3. The highest BCUT2D eigenvalue weighted by atomic mass is 16.6. The van der Waals surface area contributed by atoms with E-state index in [-0.39, 0.29) is 6.61 Å². The molecule has 6 atom stereocenters. The largest absolute Gasteiger partial charge is 0.489 e. The fourth-order valence-electron chi connectivity index (χ4n) is 6.02. The molecule has 2 heterocycles. The van der Waals surface area contributed by atoms with Crippen molar-refractivity contribution in [2.24, 2.45) is 5.92 Å². The lowest BCUT2D eigenvalue weighted by Gasteiger charge is -2.44. The van der Waals surface area contributed by atoms with Gasteiger partial charge in [-0.1, -0.05) is 61.5 Å². The topological polar surface area (TPSA) is 123 Å². The Bertz CT molecular complexity index is 1680. The van der Waals surface area contributed by atoms with Crippen molar-refractivity contribution in [3.8, 4) is 5.75 Å². The van der Waals surface area contributed by atoms with Crippen LogP contribution >= 0.6 is 0 Å². The van der Waals surface area contributed by atoms with Crippen LogP contribution in [-0.2, 0) is 39.9 Å². The molecule has 1 aliphatic heterocycles. The van der Waals surface area contributed by atoms with Gasteiger partial charge in [0.15, 0.2) is 12.3 Å². The second-order valence-electron chi connectivity index (χ2n) is 11.6. The van der Waals surface area contributed by atoms with E-state index in [9.17, 15) is 19.5 Å². The van der Waals surface area contributed by atoms with Crippen molar-refractivity contribution in [1.29, 1.82) is 0 Å². The number of aryl methyl sites for hydroxylation is 1. The molecule has 2 unspecified atom stereocenters. The number of hydrogen-bond acceptors (Lipinski definition) is 9. The van der Waals surface area contributed by atoms with E-state index >= 15 is 0 Å². The number of fused-ring (bicyclic) bond motifs is 1. The molecule has 1 saturated heterocycles. The smallest absolute Gasteiger partial charge is 0.303 e. The van der Waals surface area contributed by atoms with E-state index in [0.29, 0.717) is 23.5 Å². The van der Waals surface area contributed by atoms with E-state index in [4.69, 9.17) is 23.7 Å². The standard InChI is InChI=1S/C36H39NO9/c1-21-10-9-13-30-32(21)29(33(41)27-14-16-28(17-15-27)43-19-26-11-7-6-8-12-26)18-37(30)36-35(45-25(5)40)22(2)34(44-24(4)39)31(46-36)20-42-23(3)38/h6-18,22,31,33-36,41H,19-20H2,1-5H3/t22?,31-,33?,34+,35-,36-/m1/s1. The van der Waals surface area contributed by atoms with E-state index < -0.39 is 54.5 Å². The molecular formula is C36H39NO9. The normalized spacial score (nSPS) is 21.7. The van der Waals surface area contributed by atoms with Gasteiger partial charge in [0, 0.05) is 43.8 Å². The number of hydrogen-bond donors (Lipinski definition) is 1. The zero-order valence-electron chi connectivity index (χ0n) is 26.5. The maximum Gasteiger partial charge on any atom is 0.303 e. The van der Waals surface area contributed by atoms with Crippen molar-refractivity contribution in [2.75, 3.05) is 6.61 Å². The average Bonchev–Trinajstić information content (AvgIpc) is 3.42. The SMILES string of the molecule is CC(=O)OC[C@H]1O[C@@H](n2cc(C(O)c3ccc(OCc4ccccc4)cc3)c3c(C)cccc32)[C@H](OC(C)=O)C(C)[C@@H]1OC(C)=O. The minimum Gasteiger partial charge on any atom is -0.489 e. The molecule has 46 heavy (non-hydrogen) atoms. The van der Waals surface area contributed by atoms with E-state index in [1.165, 1.54) is 20.8 Å². The lowest BCUT2D eigenvalue weighted by molar-refractivity contribution is -0.246. The summed E-state index contributed by atoms with van der Waals surface area (Å²) in [5.74, 6) is -1.45. The van der Waals surface area contributed by atoms with Gasteiger partial charge in [-0.2, -0.15) is 0 Å². The maximum absolute atomic E-state index is 12.3. The highest BCUT2D eigenvalue weighted by Gasteiger charge is 2.49. The van der Waals surface area contributed by atoms with Gasteiger partial charge < -0.3 is 33.4 Å². The average molecular weight is 630 g/mol. The van der Waals surface area contributed by atoms with E-state index in [0.717, 1.165) is 22.0 Å². The molecule has 10 heteroatoms. The quantitative estimate of drug-likeness (QED) is 0.177. The zero-order chi connectivity index (χ0) is 33.0. The van der Waals surface area contributed by atoms with Crippen LogP contribution in [0.15, 0.2) is 79.0 Å². The van der Waals surface area contributed by atoms with Crippen LogP contribution in [0.2, 0.25) is 0 Å². The molecule has 0 saturated carbocycles. The molecule has 0 bridgehead atoms. The maximum atomic E-state index is 12.3. The lowest BCUT2D eigenvalue weighted by Crippen LogP contribution is -2.55. The first-order valence-electron chi connectivity index (χ1n) is 15.2. The molecule has 0 radical (unpaired) electrons. The molecule has 4 aromatic rings. The minimum atomic E-state index is -1.01. The lowest BCUT2D eigenvalue weighted by atomic mass is 9.89. The van der Waals surface area contributed by atoms with Gasteiger partial charge in [0.25, 0.3) is 0 Å². The molecule has 0 spiro atoms. The predicted octanol–water partition coefficient (Wildman–Crippen LogP) is 5.57. The van der Waals surface area contributed by atoms with Crippen LogP contribution in [0, 0.1) is 12.8 Å². The van der Waals surface area contributed by atoms with Crippen LogP contribution in [0.4, 0.5) is 0 Å². The first-order valence-corrected chi connectivity index (χ1v) is 15.2. The van der Waals surface area contributed by atoms with Gasteiger partial charge in [0.2, 0.25) is 0 Å². The molecular weight excluding hydrogens is 590 g/mol. The third-order valence-corrected chi connectivity index (χ3v) is 8.16. The van der Waals surface area contributed by atoms with Gasteiger partial charge in [-0.05, 0) is 41.8 Å². The van der Waals surface area contributed by atoms with Gasteiger partial charge >= 0.3 is 17.9 Å². The number of aliphatic hydroxyl groups excluding tert-OH is 1. The van der Waals surface area contributed by atoms with Gasteiger partial charge in [-0.15, -0.1) is 0 Å². The summed E-state index contributed by atoms with van der Waals surface area (Å²) in [6.07, 6.45) is -2.69. The Hall–Kier alpha value is -4.67. The van der Waals surface area contributed by atoms with Crippen molar-refractivity contribution in [1.82, 2.24) is 4.57 Å². The van der Waals surface area contributed by atoms with Crippen molar-refractivity contribution in [3.05, 3.63) is 101 Å². The zero-order valence-corrected chi connectivity index (χ0v) is 26.5. The third kappa shape index (κ3) is 7.24. The van der Waals surface area contributed by atoms with Crippen molar-refractivity contribution >= 4 is 28.8 Å². The molecule has 1 aromatic heterocycles. The van der Waals surface area contributed by atoms with Crippen LogP contribution in [0.3, 0.4) is 0 Å². The number of carbonyl (C=O) groups excluding carboxylic acids is 3. The molecule has 10 nitrogen and oxygen atoms in total. The van der Waals surface area contributed by atoms with Crippen LogP contribution in [-0.4, -0.2) is 52.5 Å². The highest BCUT2D eigenvalue weighted by Crippen LogP contribution is 2.41. The van der Waals surface area contributed by atoms with E-state index in [2.05, 4.69) is 0 Å². The second kappa shape index (κ2) is 14.2. The predicted molar refractivity (Wildman–Crippen MR) is 169 cm³/mol. The Balaban J connectivity index is 1.50. The molecule has 1 N–H and O–H groups in total. The summed E-state index contributed by atoms with van der Waals surface area (Å²) in [4.78, 5) is 36.1. The van der Waals surface area contributed by atoms with Gasteiger partial charge in [-0.3, -0.25) is 14.4 Å². The van der Waals surface area contributed by atoms with Crippen LogP contribution in [0.5, 0.6) is 5.75 Å². The summed E-state index contributed by atoms with van der Waals surface area (Å²) in [5, 5.41) is 12.5. The Morgan fingerprint density at radius 2 is 1.54 bits per heavy atom. The van der Waals surface area contributed by atoms with Crippen LogP contribution in [0.25, 0.3) is 10.9 Å². The number of esters is 3. The van der Waals surface area contributed by atoms with Gasteiger partial charge in [0.05, 0.1) is 5.52 Å². The fourth-order valence-corrected chi connectivity index (χ4v) is 6.02. The molecule has 1 aliphatic rings. The molecule has 3 aromatic carbocycles. The Morgan fingerprint density at radius 1 is 0.870 bits per heavy atom. The monoisotopic (exact) mass is 629 g/mol. The first kappa shape index (κ1) is 32.7. The molecule has 5 rings (SSSR count).